The Kier molecular flexibility index (Phi) is 4.97. The lowest BCUT2D eigenvalue weighted by molar-refractivity contribution is 0.288. The fourth-order valence-corrected chi connectivity index (χ4v) is 3.83. The smallest absolute Gasteiger partial charge is 0.281 e. The van der Waals surface area contributed by atoms with Gasteiger partial charge in [-0.25, -0.2) is 0 Å². The normalized spacial score (nSPS) is 23.9. The zero-order valence-electron chi connectivity index (χ0n) is 11.1. The molecule has 0 aromatic heterocycles. The number of likely N-dealkylation sites (tertiary alicyclic amines) is 1. The highest BCUT2D eigenvalue weighted by Crippen LogP contribution is 2.10. The van der Waals surface area contributed by atoms with Gasteiger partial charge in [0.2, 0.25) is 0 Å². The van der Waals surface area contributed by atoms with E-state index in [4.69, 9.17) is 0 Å². The maximum atomic E-state index is 12.3. The molecule has 0 aromatic carbocycles. The van der Waals surface area contributed by atoms with Crippen molar-refractivity contribution in [2.75, 3.05) is 59.4 Å². The van der Waals surface area contributed by atoms with E-state index in [9.17, 15) is 8.42 Å². The molecule has 2 saturated heterocycles. The van der Waals surface area contributed by atoms with E-state index >= 15 is 0 Å². The second-order valence-corrected chi connectivity index (χ2v) is 7.06. The Morgan fingerprint density at radius 1 is 1.11 bits per heavy atom. The molecule has 0 unspecified atom stereocenters. The molecular formula is C11H24N4O2S. The van der Waals surface area contributed by atoms with Crippen molar-refractivity contribution in [2.24, 2.45) is 0 Å². The van der Waals surface area contributed by atoms with Crippen LogP contribution in [0.5, 0.6) is 0 Å². The van der Waals surface area contributed by atoms with Gasteiger partial charge >= 0.3 is 0 Å². The number of nitrogens with zero attached hydrogens (tertiary/aromatic N) is 3. The van der Waals surface area contributed by atoms with Crippen LogP contribution in [0.3, 0.4) is 0 Å². The van der Waals surface area contributed by atoms with Crippen LogP contribution in [0.25, 0.3) is 0 Å². The summed E-state index contributed by atoms with van der Waals surface area (Å²) in [5.41, 5.74) is 0. The lowest BCUT2D eigenvalue weighted by atomic mass is 10.4. The van der Waals surface area contributed by atoms with E-state index in [1.807, 2.05) is 0 Å². The highest BCUT2D eigenvalue weighted by molar-refractivity contribution is 7.86. The summed E-state index contributed by atoms with van der Waals surface area (Å²) in [7, 11) is -1.57. The number of nitrogens with one attached hydrogen (secondary N) is 1. The average molecular weight is 276 g/mol. The zero-order chi connectivity index (χ0) is 13.0. The summed E-state index contributed by atoms with van der Waals surface area (Å²) < 4.78 is 27.7. The lowest BCUT2D eigenvalue weighted by Crippen LogP contribution is -2.51. The molecule has 0 aliphatic carbocycles. The summed E-state index contributed by atoms with van der Waals surface area (Å²) in [6.45, 7) is 6.32. The van der Waals surface area contributed by atoms with Crippen molar-refractivity contribution in [3.05, 3.63) is 0 Å². The third kappa shape index (κ3) is 3.42. The molecule has 2 rings (SSSR count). The van der Waals surface area contributed by atoms with E-state index in [1.54, 1.807) is 11.4 Å². The Morgan fingerprint density at radius 3 is 2.33 bits per heavy atom. The molecule has 1 N–H and O–H groups in total. The largest absolute Gasteiger partial charge is 0.314 e. The third-order valence-corrected chi connectivity index (χ3v) is 5.71. The van der Waals surface area contributed by atoms with E-state index in [2.05, 4.69) is 10.2 Å². The lowest BCUT2D eigenvalue weighted by Gasteiger charge is -2.31. The fraction of sp³-hybridized carbons (Fsp3) is 1.00. The van der Waals surface area contributed by atoms with Gasteiger partial charge in [0, 0.05) is 46.3 Å². The van der Waals surface area contributed by atoms with Crippen LogP contribution < -0.4 is 5.32 Å². The highest BCUT2D eigenvalue weighted by Gasteiger charge is 2.28. The SMILES string of the molecule is CN(CCN1CCCC1)S(=O)(=O)N1CCNCC1. The number of hydrogen-bond acceptors (Lipinski definition) is 4. The number of hydrogen-bond donors (Lipinski definition) is 1. The average Bonchev–Trinajstić information content (AvgIpc) is 2.90. The molecule has 7 heteroatoms. The second kappa shape index (κ2) is 6.29. The molecule has 0 atom stereocenters. The molecule has 18 heavy (non-hydrogen) atoms. The summed E-state index contributed by atoms with van der Waals surface area (Å²) in [6, 6.07) is 0. The third-order valence-electron chi connectivity index (χ3n) is 3.73. The van der Waals surface area contributed by atoms with Gasteiger partial charge in [-0.3, -0.25) is 0 Å². The van der Waals surface area contributed by atoms with Crippen LogP contribution in [0, 0.1) is 0 Å². The van der Waals surface area contributed by atoms with Gasteiger partial charge in [-0.2, -0.15) is 17.0 Å². The maximum Gasteiger partial charge on any atom is 0.281 e. The van der Waals surface area contributed by atoms with Crippen molar-refractivity contribution in [1.82, 2.24) is 18.8 Å². The predicted octanol–water partition coefficient (Wildman–Crippen LogP) is -0.836. The Balaban J connectivity index is 1.83. The minimum Gasteiger partial charge on any atom is -0.314 e. The monoisotopic (exact) mass is 276 g/mol. The van der Waals surface area contributed by atoms with Crippen molar-refractivity contribution in [2.45, 2.75) is 12.8 Å². The summed E-state index contributed by atoms with van der Waals surface area (Å²) in [4.78, 5) is 2.34. The van der Waals surface area contributed by atoms with Gasteiger partial charge in [-0.15, -0.1) is 0 Å². The topological polar surface area (TPSA) is 55.9 Å². The van der Waals surface area contributed by atoms with Crippen molar-refractivity contribution in [3.8, 4) is 0 Å². The van der Waals surface area contributed by atoms with Gasteiger partial charge in [0.1, 0.15) is 0 Å². The molecule has 0 spiro atoms. The van der Waals surface area contributed by atoms with Gasteiger partial charge in [0.05, 0.1) is 0 Å². The van der Waals surface area contributed by atoms with Crippen molar-refractivity contribution in [3.63, 3.8) is 0 Å². The van der Waals surface area contributed by atoms with E-state index < -0.39 is 10.2 Å². The molecule has 2 fully saturated rings. The molecule has 6 nitrogen and oxygen atoms in total. The van der Waals surface area contributed by atoms with Gasteiger partial charge in [-0.1, -0.05) is 0 Å². The first-order valence-corrected chi connectivity index (χ1v) is 8.15. The van der Waals surface area contributed by atoms with E-state index in [0.29, 0.717) is 19.6 Å². The van der Waals surface area contributed by atoms with Gasteiger partial charge in [-0.05, 0) is 25.9 Å². The van der Waals surface area contributed by atoms with Crippen LogP contribution in [0.1, 0.15) is 12.8 Å². The number of rotatable bonds is 5. The molecule has 0 amide bonds. The van der Waals surface area contributed by atoms with Gasteiger partial charge < -0.3 is 10.2 Å². The van der Waals surface area contributed by atoms with E-state index in [1.165, 1.54) is 17.1 Å². The van der Waals surface area contributed by atoms with Crippen molar-refractivity contribution < 1.29 is 8.42 Å². The van der Waals surface area contributed by atoms with Crippen LogP contribution >= 0.6 is 0 Å². The first-order chi connectivity index (χ1) is 8.60. The van der Waals surface area contributed by atoms with Crippen molar-refractivity contribution >= 4 is 10.2 Å². The number of likely N-dealkylation sites (N-methyl/N-ethyl adjacent to an activating group) is 1. The Labute approximate surface area is 110 Å². The van der Waals surface area contributed by atoms with E-state index in [-0.39, 0.29) is 0 Å². The first kappa shape index (κ1) is 14.2. The summed E-state index contributed by atoms with van der Waals surface area (Å²) >= 11 is 0. The minimum atomic E-state index is -3.25. The quantitative estimate of drug-likeness (QED) is 0.712. The predicted molar refractivity (Wildman–Crippen MR) is 71.7 cm³/mol. The highest BCUT2D eigenvalue weighted by atomic mass is 32.2. The fourth-order valence-electron chi connectivity index (χ4n) is 2.48. The summed E-state index contributed by atoms with van der Waals surface area (Å²) in [5, 5.41) is 3.17. The molecule has 2 aliphatic heterocycles. The Hall–Kier alpha value is -0.210. The van der Waals surface area contributed by atoms with Crippen LogP contribution in [0.2, 0.25) is 0 Å². The standard InChI is InChI=1S/C11H24N4O2S/c1-13(10-11-14-6-2-3-7-14)18(16,17)15-8-4-12-5-9-15/h12H,2-11H2,1H3. The molecular weight excluding hydrogens is 252 g/mol. The first-order valence-electron chi connectivity index (χ1n) is 6.75. The minimum absolute atomic E-state index is 0.580. The molecule has 2 aliphatic rings. The van der Waals surface area contributed by atoms with Crippen molar-refractivity contribution in [1.29, 1.82) is 0 Å². The van der Waals surface area contributed by atoms with Crippen LogP contribution in [-0.4, -0.2) is 81.3 Å². The molecule has 0 radical (unpaired) electrons. The summed E-state index contributed by atoms with van der Waals surface area (Å²) in [6.07, 6.45) is 2.49. The van der Waals surface area contributed by atoms with Crippen LogP contribution in [0.15, 0.2) is 0 Å². The molecule has 0 saturated carbocycles. The van der Waals surface area contributed by atoms with Crippen LogP contribution in [-0.2, 0) is 10.2 Å². The van der Waals surface area contributed by atoms with Gasteiger partial charge in [0.25, 0.3) is 10.2 Å². The summed E-state index contributed by atoms with van der Waals surface area (Å²) in [5.74, 6) is 0. The zero-order valence-corrected chi connectivity index (χ0v) is 12.0. The molecule has 0 aromatic rings. The molecule has 106 valence electrons. The second-order valence-electron chi connectivity index (χ2n) is 5.03. The van der Waals surface area contributed by atoms with E-state index in [0.717, 1.165) is 32.7 Å². The Morgan fingerprint density at radius 2 is 1.72 bits per heavy atom. The molecule has 0 bridgehead atoms. The molecule has 2 heterocycles. The maximum absolute atomic E-state index is 12.3. The number of piperazine rings is 1. The van der Waals surface area contributed by atoms with Crippen LogP contribution in [0.4, 0.5) is 0 Å². The van der Waals surface area contributed by atoms with Gasteiger partial charge in [0.15, 0.2) is 0 Å². The Bertz CT molecular complexity index is 348.